The van der Waals surface area contributed by atoms with Gasteiger partial charge in [-0.15, -0.1) is 0 Å². The third-order valence-electron chi connectivity index (χ3n) is 6.72. The third-order valence-corrected chi connectivity index (χ3v) is 6.72. The third kappa shape index (κ3) is 4.82. The summed E-state index contributed by atoms with van der Waals surface area (Å²) in [6.07, 6.45) is 3.84. The van der Waals surface area contributed by atoms with Crippen molar-refractivity contribution < 1.29 is 24.1 Å². The van der Waals surface area contributed by atoms with E-state index < -0.39 is 16.8 Å². The maximum atomic E-state index is 10.6. The fourth-order valence-corrected chi connectivity index (χ4v) is 4.72. The van der Waals surface area contributed by atoms with E-state index in [1.807, 2.05) is 86.7 Å². The maximum Gasteiger partial charge on any atom is 0.163 e. The van der Waals surface area contributed by atoms with Crippen molar-refractivity contribution in [1.82, 2.24) is 0 Å². The molecule has 0 saturated carbocycles. The molecular weight excluding hydrogens is 404 g/mol. The molecule has 1 aliphatic carbocycles. The first-order valence-electron chi connectivity index (χ1n) is 11.3. The molecule has 1 N–H and O–H groups in total. The standard InChI is InChI=1S/C27H34O5/c1-25(2)31-20-26(3)23(18-29-16-21-10-6-4-7-11-21)27(19-28,15-14-24(26)32-25)30-17-22-12-8-5-9-13-22/h4-15,23-24,28H,16-20H2,1-3H3/t23-,24-,26-,27+/m0/s1. The molecule has 0 amide bonds. The Bertz CT molecular complexity index is 897. The molecule has 1 aliphatic heterocycles. The topological polar surface area (TPSA) is 57.2 Å². The zero-order chi connectivity index (χ0) is 22.7. The van der Waals surface area contributed by atoms with Gasteiger partial charge in [0.05, 0.1) is 39.1 Å². The van der Waals surface area contributed by atoms with Crippen LogP contribution >= 0.6 is 0 Å². The van der Waals surface area contributed by atoms with Gasteiger partial charge in [0.25, 0.3) is 0 Å². The monoisotopic (exact) mass is 438 g/mol. The normalized spacial score (nSPS) is 31.2. The molecule has 172 valence electrons. The predicted molar refractivity (Wildman–Crippen MR) is 123 cm³/mol. The average molecular weight is 439 g/mol. The van der Waals surface area contributed by atoms with Crippen molar-refractivity contribution in [2.24, 2.45) is 11.3 Å². The van der Waals surface area contributed by atoms with Gasteiger partial charge in [0.1, 0.15) is 5.60 Å². The Morgan fingerprint density at radius 3 is 2.19 bits per heavy atom. The van der Waals surface area contributed by atoms with E-state index >= 15 is 0 Å². The highest BCUT2D eigenvalue weighted by molar-refractivity contribution is 5.22. The van der Waals surface area contributed by atoms with Gasteiger partial charge >= 0.3 is 0 Å². The fourth-order valence-electron chi connectivity index (χ4n) is 4.72. The van der Waals surface area contributed by atoms with Gasteiger partial charge in [-0.05, 0) is 25.0 Å². The summed E-state index contributed by atoms with van der Waals surface area (Å²) in [5, 5.41) is 10.6. The Balaban J connectivity index is 1.59. The van der Waals surface area contributed by atoms with Crippen molar-refractivity contribution in [3.63, 3.8) is 0 Å². The molecule has 0 aromatic heterocycles. The molecule has 1 fully saturated rings. The zero-order valence-electron chi connectivity index (χ0n) is 19.2. The van der Waals surface area contributed by atoms with Crippen LogP contribution in [0.4, 0.5) is 0 Å². The van der Waals surface area contributed by atoms with E-state index in [0.717, 1.165) is 11.1 Å². The molecule has 2 aromatic rings. The lowest BCUT2D eigenvalue weighted by Crippen LogP contribution is -2.64. The lowest BCUT2D eigenvalue weighted by molar-refractivity contribution is -0.329. The highest BCUT2D eigenvalue weighted by atomic mass is 16.7. The summed E-state index contributed by atoms with van der Waals surface area (Å²) in [6, 6.07) is 20.1. The van der Waals surface area contributed by atoms with Crippen molar-refractivity contribution >= 4 is 0 Å². The summed E-state index contributed by atoms with van der Waals surface area (Å²) < 4.78 is 25.0. The number of aliphatic hydroxyl groups is 1. The number of hydrogen-bond acceptors (Lipinski definition) is 5. The van der Waals surface area contributed by atoms with E-state index in [1.165, 1.54) is 0 Å². The lowest BCUT2D eigenvalue weighted by atomic mass is 9.62. The molecule has 1 saturated heterocycles. The maximum absolute atomic E-state index is 10.6. The Hall–Kier alpha value is -2.02. The molecule has 4 atom stereocenters. The molecule has 4 rings (SSSR count). The first kappa shape index (κ1) is 23.1. The predicted octanol–water partition coefficient (Wildman–Crippen LogP) is 4.49. The van der Waals surface area contributed by atoms with Crippen molar-refractivity contribution in [3.05, 3.63) is 83.9 Å². The molecule has 2 aromatic carbocycles. The molecule has 1 heterocycles. The Morgan fingerprint density at radius 1 is 0.938 bits per heavy atom. The van der Waals surface area contributed by atoms with Crippen LogP contribution in [-0.4, -0.2) is 42.4 Å². The Labute approximate surface area is 191 Å². The van der Waals surface area contributed by atoms with Crippen LogP contribution in [0.2, 0.25) is 0 Å². The first-order chi connectivity index (χ1) is 15.4. The van der Waals surface area contributed by atoms with Crippen molar-refractivity contribution in [1.29, 1.82) is 0 Å². The smallest absolute Gasteiger partial charge is 0.163 e. The van der Waals surface area contributed by atoms with E-state index in [2.05, 4.69) is 6.92 Å². The summed E-state index contributed by atoms with van der Waals surface area (Å²) in [5.41, 5.74) is 0.853. The SMILES string of the molecule is CC1(C)OC[C@]2(C)[C@H](C=C[C@](CO)(OCc3ccccc3)[C@H]2COCc2ccccc2)O1. The van der Waals surface area contributed by atoms with Crippen LogP contribution in [0.1, 0.15) is 31.9 Å². The highest BCUT2D eigenvalue weighted by Gasteiger charge is 2.58. The number of fused-ring (bicyclic) bond motifs is 1. The minimum absolute atomic E-state index is 0.151. The van der Waals surface area contributed by atoms with E-state index in [0.29, 0.717) is 26.4 Å². The van der Waals surface area contributed by atoms with E-state index in [9.17, 15) is 5.11 Å². The minimum Gasteiger partial charge on any atom is -0.393 e. The van der Waals surface area contributed by atoms with Crippen LogP contribution in [0, 0.1) is 11.3 Å². The molecule has 2 aliphatic rings. The summed E-state index contributed by atoms with van der Waals surface area (Å²) in [4.78, 5) is 0. The summed E-state index contributed by atoms with van der Waals surface area (Å²) in [6.45, 7) is 7.65. The fraction of sp³-hybridized carbons (Fsp3) is 0.481. The van der Waals surface area contributed by atoms with Gasteiger partial charge in [0.2, 0.25) is 0 Å². The van der Waals surface area contributed by atoms with Crippen LogP contribution in [0.3, 0.4) is 0 Å². The van der Waals surface area contributed by atoms with Gasteiger partial charge in [-0.3, -0.25) is 0 Å². The second-order valence-electron chi connectivity index (χ2n) is 9.53. The van der Waals surface area contributed by atoms with Crippen LogP contribution in [0.25, 0.3) is 0 Å². The second kappa shape index (κ2) is 9.46. The number of ether oxygens (including phenoxy) is 4. The van der Waals surface area contributed by atoms with Crippen LogP contribution < -0.4 is 0 Å². The lowest BCUT2D eigenvalue weighted by Gasteiger charge is -2.56. The second-order valence-corrected chi connectivity index (χ2v) is 9.53. The zero-order valence-corrected chi connectivity index (χ0v) is 19.2. The van der Waals surface area contributed by atoms with Crippen LogP contribution in [0.15, 0.2) is 72.8 Å². The van der Waals surface area contributed by atoms with Gasteiger partial charge in [0.15, 0.2) is 5.79 Å². The van der Waals surface area contributed by atoms with Gasteiger partial charge in [-0.1, -0.05) is 79.7 Å². The number of benzene rings is 2. The average Bonchev–Trinajstić information content (AvgIpc) is 2.81. The largest absolute Gasteiger partial charge is 0.393 e. The molecular formula is C27H34O5. The van der Waals surface area contributed by atoms with Gasteiger partial charge in [-0.25, -0.2) is 0 Å². The first-order valence-corrected chi connectivity index (χ1v) is 11.3. The quantitative estimate of drug-likeness (QED) is 0.615. The highest BCUT2D eigenvalue weighted by Crippen LogP contribution is 2.50. The van der Waals surface area contributed by atoms with Gasteiger partial charge < -0.3 is 24.1 Å². The van der Waals surface area contributed by atoms with Crippen molar-refractivity contribution in [2.75, 3.05) is 19.8 Å². The molecule has 32 heavy (non-hydrogen) atoms. The minimum atomic E-state index is -0.897. The number of hydrogen-bond donors (Lipinski definition) is 1. The van der Waals surface area contributed by atoms with E-state index in [1.54, 1.807) is 0 Å². The number of aliphatic hydroxyl groups excluding tert-OH is 1. The van der Waals surface area contributed by atoms with Gasteiger partial charge in [-0.2, -0.15) is 0 Å². The molecule has 0 radical (unpaired) electrons. The summed E-state index contributed by atoms with van der Waals surface area (Å²) in [5.74, 6) is -0.827. The van der Waals surface area contributed by atoms with Crippen molar-refractivity contribution in [2.45, 2.75) is 51.5 Å². The molecule has 0 bridgehead atoms. The molecule has 0 spiro atoms. The molecule has 0 unspecified atom stereocenters. The molecule has 5 heteroatoms. The molecule has 5 nitrogen and oxygen atoms in total. The number of rotatable bonds is 8. The van der Waals surface area contributed by atoms with E-state index in [-0.39, 0.29) is 18.6 Å². The van der Waals surface area contributed by atoms with Gasteiger partial charge in [0, 0.05) is 11.3 Å². The Morgan fingerprint density at radius 2 is 1.56 bits per heavy atom. The summed E-state index contributed by atoms with van der Waals surface area (Å²) >= 11 is 0. The van der Waals surface area contributed by atoms with Crippen LogP contribution in [-0.2, 0) is 32.2 Å². The Kier molecular flexibility index (Phi) is 6.84. The van der Waals surface area contributed by atoms with Crippen LogP contribution in [0.5, 0.6) is 0 Å². The van der Waals surface area contributed by atoms with Crippen molar-refractivity contribution in [3.8, 4) is 0 Å². The van der Waals surface area contributed by atoms with E-state index in [4.69, 9.17) is 18.9 Å². The summed E-state index contributed by atoms with van der Waals surface area (Å²) in [7, 11) is 0.